The molecule has 5 aromatic carbocycles. The molecule has 0 unspecified atom stereocenters. The molecule has 5 aromatic rings. The van der Waals surface area contributed by atoms with Crippen LogP contribution in [0.2, 0.25) is 0 Å². The lowest BCUT2D eigenvalue weighted by Crippen LogP contribution is -2.22. The highest BCUT2D eigenvalue weighted by Gasteiger charge is 2.16. The van der Waals surface area contributed by atoms with Gasteiger partial charge in [0.05, 0.1) is 0 Å². The van der Waals surface area contributed by atoms with Gasteiger partial charge in [0.1, 0.15) is 11.3 Å². The number of nitrogens with zero attached hydrogens (tertiary/aromatic N) is 1. The van der Waals surface area contributed by atoms with Crippen LogP contribution in [0.3, 0.4) is 0 Å². The van der Waals surface area contributed by atoms with Crippen LogP contribution in [-0.2, 0) is 19.5 Å². The normalized spacial score (nSPS) is 10.7. The fourth-order valence-electron chi connectivity index (χ4n) is 4.96. The van der Waals surface area contributed by atoms with Crippen molar-refractivity contribution in [3.05, 3.63) is 143 Å². The Balaban J connectivity index is 1.39. The van der Waals surface area contributed by atoms with Crippen LogP contribution in [0, 0.1) is 11.8 Å². The van der Waals surface area contributed by atoms with Gasteiger partial charge in [-0.1, -0.05) is 91.9 Å². The Morgan fingerprint density at radius 3 is 2.10 bits per heavy atom. The molecule has 0 spiro atoms. The topological polar surface area (TPSA) is 60.8 Å². The van der Waals surface area contributed by atoms with Gasteiger partial charge in [0.2, 0.25) is 0 Å². The summed E-state index contributed by atoms with van der Waals surface area (Å²) in [7, 11) is 0. The molecule has 41 heavy (non-hydrogen) atoms. The summed E-state index contributed by atoms with van der Waals surface area (Å²) in [6.45, 7) is 3.33. The lowest BCUT2D eigenvalue weighted by Gasteiger charge is -2.26. The highest BCUT2D eigenvalue weighted by Crippen LogP contribution is 2.29. The Morgan fingerprint density at radius 1 is 0.756 bits per heavy atom. The third-order valence-corrected chi connectivity index (χ3v) is 7.27. The van der Waals surface area contributed by atoms with Crippen molar-refractivity contribution in [2.24, 2.45) is 0 Å². The minimum Gasteiger partial charge on any atom is -0.507 e. The van der Waals surface area contributed by atoms with E-state index in [4.69, 9.17) is 0 Å². The zero-order valence-electron chi connectivity index (χ0n) is 23.2. The fraction of sp³-hybridized carbons (Fsp3) is 0.162. The molecule has 0 atom stereocenters. The number of fused-ring (bicyclic) bond motifs is 1. The van der Waals surface area contributed by atoms with Crippen molar-refractivity contribution in [3.8, 4) is 17.6 Å². The predicted molar refractivity (Wildman–Crippen MR) is 166 cm³/mol. The first-order chi connectivity index (χ1) is 20.0. The largest absolute Gasteiger partial charge is 0.507 e. The van der Waals surface area contributed by atoms with Crippen molar-refractivity contribution < 1.29 is 15.0 Å². The Bertz CT molecular complexity index is 1700. The summed E-state index contributed by atoms with van der Waals surface area (Å²) in [5.74, 6) is 5.12. The van der Waals surface area contributed by atoms with Crippen LogP contribution in [0.15, 0.2) is 109 Å². The number of hydrogen-bond donors (Lipinski definition) is 2. The molecule has 0 aromatic heterocycles. The van der Waals surface area contributed by atoms with Gasteiger partial charge in [-0.3, -0.25) is 0 Å². The molecule has 0 bridgehead atoms. The van der Waals surface area contributed by atoms with E-state index in [1.807, 2.05) is 30.3 Å². The standard InChI is InChI=1S/C37H33NO3/c1-2-3-7-27-12-14-28(15-13-27)16-17-29-18-20-30(21-19-29)25-38(33-22-23-36(39)35(24-33)37(40)41)26-32-10-6-9-31-8-4-5-11-34(31)32/h4-6,8-15,18-24,39H,2-3,7,25-26H2,1H3,(H,40,41). The second-order valence-corrected chi connectivity index (χ2v) is 10.2. The van der Waals surface area contributed by atoms with E-state index in [2.05, 4.69) is 84.3 Å². The van der Waals surface area contributed by atoms with E-state index in [1.165, 1.54) is 30.5 Å². The van der Waals surface area contributed by atoms with E-state index < -0.39 is 5.97 Å². The van der Waals surface area contributed by atoms with E-state index >= 15 is 0 Å². The highest BCUT2D eigenvalue weighted by molar-refractivity contribution is 5.92. The maximum atomic E-state index is 11.8. The Kier molecular flexibility index (Phi) is 8.67. The van der Waals surface area contributed by atoms with E-state index in [9.17, 15) is 15.0 Å². The van der Waals surface area contributed by atoms with Crippen molar-refractivity contribution in [2.45, 2.75) is 39.3 Å². The smallest absolute Gasteiger partial charge is 0.339 e. The number of aromatic hydroxyl groups is 1. The molecule has 0 saturated carbocycles. The summed E-state index contributed by atoms with van der Waals surface area (Å²) >= 11 is 0. The van der Waals surface area contributed by atoms with Crippen LogP contribution in [0.4, 0.5) is 5.69 Å². The first-order valence-electron chi connectivity index (χ1n) is 14.0. The second kappa shape index (κ2) is 12.9. The number of carboxylic acid groups (broad SMARTS) is 1. The molecule has 5 rings (SSSR count). The Labute approximate surface area is 241 Å². The van der Waals surface area contributed by atoms with Gasteiger partial charge in [-0.15, -0.1) is 0 Å². The minimum absolute atomic E-state index is 0.116. The molecular formula is C37H33NO3. The second-order valence-electron chi connectivity index (χ2n) is 10.2. The third kappa shape index (κ3) is 6.96. The van der Waals surface area contributed by atoms with Crippen LogP contribution in [-0.4, -0.2) is 16.2 Å². The third-order valence-electron chi connectivity index (χ3n) is 7.27. The molecule has 4 nitrogen and oxygen atoms in total. The molecule has 0 aliphatic heterocycles. The summed E-state index contributed by atoms with van der Waals surface area (Å²) in [5, 5.41) is 22.0. The molecule has 0 aliphatic carbocycles. The van der Waals surface area contributed by atoms with Gasteiger partial charge < -0.3 is 15.1 Å². The number of phenols is 1. The number of rotatable bonds is 9. The lowest BCUT2D eigenvalue weighted by molar-refractivity contribution is 0.0693. The van der Waals surface area contributed by atoms with Crippen LogP contribution in [0.5, 0.6) is 5.75 Å². The predicted octanol–water partition coefficient (Wildman–Crippen LogP) is 8.19. The van der Waals surface area contributed by atoms with Crippen LogP contribution in [0.1, 0.15) is 57.9 Å². The number of hydrogen-bond acceptors (Lipinski definition) is 3. The van der Waals surface area contributed by atoms with Gasteiger partial charge in [-0.25, -0.2) is 4.79 Å². The summed E-state index contributed by atoms with van der Waals surface area (Å²) in [6.07, 6.45) is 3.49. The summed E-state index contributed by atoms with van der Waals surface area (Å²) in [5.41, 5.74) is 6.09. The number of benzene rings is 5. The maximum absolute atomic E-state index is 11.8. The van der Waals surface area contributed by atoms with Gasteiger partial charge in [-0.2, -0.15) is 0 Å². The number of carboxylic acids is 1. The van der Waals surface area contributed by atoms with Crippen LogP contribution in [0.25, 0.3) is 10.8 Å². The first kappa shape index (κ1) is 27.6. The van der Waals surface area contributed by atoms with Crippen LogP contribution < -0.4 is 4.90 Å². The lowest BCUT2D eigenvalue weighted by atomic mass is 10.0. The van der Waals surface area contributed by atoms with E-state index in [1.54, 1.807) is 6.07 Å². The molecule has 2 N–H and O–H groups in total. The van der Waals surface area contributed by atoms with Gasteiger partial charge in [0.15, 0.2) is 0 Å². The Hall–Kier alpha value is -5.01. The zero-order chi connectivity index (χ0) is 28.6. The highest BCUT2D eigenvalue weighted by atomic mass is 16.4. The number of anilines is 1. The number of aromatic carboxylic acids is 1. The van der Waals surface area contributed by atoms with Gasteiger partial charge in [-0.05, 0) is 82.8 Å². The van der Waals surface area contributed by atoms with Gasteiger partial charge in [0, 0.05) is 29.9 Å². The molecule has 0 aliphatic rings. The van der Waals surface area contributed by atoms with E-state index in [0.29, 0.717) is 13.1 Å². The monoisotopic (exact) mass is 539 g/mol. The summed E-state index contributed by atoms with van der Waals surface area (Å²) in [6, 6.07) is 35.9. The number of unbranched alkanes of at least 4 members (excludes halogenated alkanes) is 1. The first-order valence-corrected chi connectivity index (χ1v) is 14.0. The summed E-state index contributed by atoms with van der Waals surface area (Å²) < 4.78 is 0. The van der Waals surface area contributed by atoms with Crippen molar-refractivity contribution in [1.29, 1.82) is 0 Å². The van der Waals surface area contributed by atoms with Crippen LogP contribution >= 0.6 is 0 Å². The molecule has 204 valence electrons. The SMILES string of the molecule is CCCCc1ccc(C#Cc2ccc(CN(Cc3cccc4ccccc34)c3ccc(O)c(C(=O)O)c3)cc2)cc1. The van der Waals surface area contributed by atoms with Gasteiger partial charge >= 0.3 is 5.97 Å². The maximum Gasteiger partial charge on any atom is 0.339 e. The van der Waals surface area contributed by atoms with Crippen molar-refractivity contribution in [3.63, 3.8) is 0 Å². The minimum atomic E-state index is -1.16. The average molecular weight is 540 g/mol. The van der Waals surface area contributed by atoms with E-state index in [-0.39, 0.29) is 11.3 Å². The molecule has 0 fully saturated rings. The van der Waals surface area contributed by atoms with Gasteiger partial charge in [0.25, 0.3) is 0 Å². The Morgan fingerprint density at radius 2 is 1.41 bits per heavy atom. The molecule has 0 amide bonds. The zero-order valence-corrected chi connectivity index (χ0v) is 23.2. The number of carbonyl (C=O) groups is 1. The summed E-state index contributed by atoms with van der Waals surface area (Å²) in [4.78, 5) is 13.9. The molecule has 4 heteroatoms. The van der Waals surface area contributed by atoms with E-state index in [0.717, 1.165) is 45.1 Å². The molecule has 0 radical (unpaired) electrons. The number of aryl methyl sites for hydroxylation is 1. The van der Waals surface area contributed by atoms with Crippen molar-refractivity contribution >= 4 is 22.4 Å². The van der Waals surface area contributed by atoms with Crippen molar-refractivity contribution in [1.82, 2.24) is 0 Å². The quantitative estimate of drug-likeness (QED) is 0.185. The molecule has 0 saturated heterocycles. The molecular weight excluding hydrogens is 506 g/mol. The average Bonchev–Trinajstić information content (AvgIpc) is 3.00. The fourth-order valence-corrected chi connectivity index (χ4v) is 4.96. The molecule has 0 heterocycles. The van der Waals surface area contributed by atoms with Crippen molar-refractivity contribution in [2.75, 3.05) is 4.90 Å².